The summed E-state index contributed by atoms with van der Waals surface area (Å²) >= 11 is -0.826. The molecule has 0 fully saturated rings. The van der Waals surface area contributed by atoms with E-state index in [2.05, 4.69) is 74.6 Å². The molecular weight excluding hydrogens is 378 g/mol. The molecule has 0 saturated heterocycles. The Morgan fingerprint density at radius 1 is 0.952 bits per heavy atom. The predicted molar refractivity (Wildman–Crippen MR) is 91.6 cm³/mol. The fourth-order valence-electron chi connectivity index (χ4n) is 1.56. The van der Waals surface area contributed by atoms with E-state index in [1.807, 2.05) is 0 Å². The molecule has 0 N–H and O–H groups in total. The molecular formula is C18H22Cl2Zr. The van der Waals surface area contributed by atoms with Gasteiger partial charge in [0.2, 0.25) is 0 Å². The Morgan fingerprint density at radius 3 is 1.57 bits per heavy atom. The Bertz CT molecular complexity index is 386. The van der Waals surface area contributed by atoms with Crippen LogP contribution in [0.25, 0.3) is 0 Å². The van der Waals surface area contributed by atoms with Crippen molar-refractivity contribution in [2.75, 3.05) is 0 Å². The van der Waals surface area contributed by atoms with Crippen LogP contribution in [0.3, 0.4) is 0 Å². The van der Waals surface area contributed by atoms with Gasteiger partial charge in [-0.25, -0.2) is 0 Å². The van der Waals surface area contributed by atoms with Gasteiger partial charge in [-0.1, -0.05) is 26.7 Å². The zero-order valence-electron chi connectivity index (χ0n) is 12.7. The van der Waals surface area contributed by atoms with Crippen LogP contribution in [-0.4, -0.2) is 0 Å². The molecule has 0 aromatic heterocycles. The van der Waals surface area contributed by atoms with Gasteiger partial charge < -0.3 is 0 Å². The number of allylic oxidation sites excluding steroid dienone is 12. The van der Waals surface area contributed by atoms with E-state index in [1.54, 1.807) is 0 Å². The van der Waals surface area contributed by atoms with Gasteiger partial charge >= 0.3 is 37.9 Å². The molecule has 112 valence electrons. The van der Waals surface area contributed by atoms with E-state index in [9.17, 15) is 0 Å². The Morgan fingerprint density at radius 2 is 1.33 bits per heavy atom. The average molecular weight is 401 g/mol. The zero-order chi connectivity index (χ0) is 15.8. The van der Waals surface area contributed by atoms with E-state index in [-0.39, 0.29) is 0 Å². The predicted octanol–water partition coefficient (Wildman–Crippen LogP) is 6.66. The van der Waals surface area contributed by atoms with E-state index in [4.69, 9.17) is 17.0 Å². The second-order valence-electron chi connectivity index (χ2n) is 4.17. The van der Waals surface area contributed by atoms with Crippen molar-refractivity contribution in [3.05, 3.63) is 71.9 Å². The standard InChI is InChI=1S/2C9H11.2ClH.Zr/c2*1-2-3-6-9-7-4-5-8-9;;;/h2*3-4,6-7H,2,5H2,1H3;2*1H;/q2*-1;;;+4/p-2. The van der Waals surface area contributed by atoms with Gasteiger partial charge in [0.15, 0.2) is 0 Å². The molecule has 2 aliphatic carbocycles. The molecule has 0 unspecified atom stereocenters. The average Bonchev–Trinajstić information content (AvgIpc) is 3.18. The summed E-state index contributed by atoms with van der Waals surface area (Å²) < 4.78 is 0. The molecule has 0 amide bonds. The van der Waals surface area contributed by atoms with Crippen LogP contribution in [0.1, 0.15) is 39.5 Å². The summed E-state index contributed by atoms with van der Waals surface area (Å²) in [7, 11) is 9.87. The summed E-state index contributed by atoms with van der Waals surface area (Å²) in [6, 6.07) is 0. The first kappa shape index (κ1) is 20.9. The van der Waals surface area contributed by atoms with E-state index in [1.165, 1.54) is 11.1 Å². The second-order valence-corrected chi connectivity index (χ2v) is 7.90. The molecule has 0 spiro atoms. The first-order valence-electron chi connectivity index (χ1n) is 7.12. The molecule has 21 heavy (non-hydrogen) atoms. The molecule has 2 aliphatic rings. The summed E-state index contributed by atoms with van der Waals surface area (Å²) in [6.45, 7) is 4.27. The minimum absolute atomic E-state index is 0.826. The Kier molecular flexibility index (Phi) is 16.2. The van der Waals surface area contributed by atoms with Crippen LogP contribution in [0.5, 0.6) is 0 Å². The monoisotopic (exact) mass is 398 g/mol. The molecule has 0 radical (unpaired) electrons. The fourth-order valence-corrected chi connectivity index (χ4v) is 1.56. The maximum absolute atomic E-state index is 4.93. The molecule has 2 rings (SSSR count). The summed E-state index contributed by atoms with van der Waals surface area (Å²) in [5, 5.41) is 0. The van der Waals surface area contributed by atoms with Gasteiger partial charge in [-0.05, 0) is 12.8 Å². The van der Waals surface area contributed by atoms with Crippen molar-refractivity contribution in [1.29, 1.82) is 0 Å². The normalized spacial score (nSPS) is 15.2. The maximum atomic E-state index is 4.93. The fraction of sp³-hybridized carbons (Fsp3) is 0.333. The molecule has 0 heterocycles. The topological polar surface area (TPSA) is 0 Å². The molecule has 0 bridgehead atoms. The van der Waals surface area contributed by atoms with Gasteiger partial charge in [-0.3, -0.25) is 0 Å². The molecule has 0 saturated carbocycles. The Balaban J connectivity index is 0.000000322. The Hall–Kier alpha value is -0.0969. The SMILES string of the molecule is CCC=CC1=[C-]CC=C1.CCC=CC1=[C-]CC=C1.[Cl][Zr+2][Cl]. The molecule has 3 heteroatoms. The van der Waals surface area contributed by atoms with E-state index in [0.29, 0.717) is 0 Å². The number of rotatable bonds is 4. The van der Waals surface area contributed by atoms with Gasteiger partial charge in [-0.2, -0.15) is 47.6 Å². The van der Waals surface area contributed by atoms with Gasteiger partial charge in [0.05, 0.1) is 0 Å². The number of halogens is 2. The third kappa shape index (κ3) is 13.3. The van der Waals surface area contributed by atoms with Crippen LogP contribution >= 0.6 is 17.0 Å². The van der Waals surface area contributed by atoms with Crippen molar-refractivity contribution >= 4 is 17.0 Å². The molecule has 0 atom stereocenters. The molecule has 0 aromatic rings. The van der Waals surface area contributed by atoms with E-state index in [0.717, 1.165) is 25.7 Å². The first-order chi connectivity index (χ1) is 10.3. The van der Waals surface area contributed by atoms with Crippen molar-refractivity contribution in [3.8, 4) is 0 Å². The third-order valence-electron chi connectivity index (χ3n) is 2.51. The van der Waals surface area contributed by atoms with Crippen molar-refractivity contribution < 1.29 is 20.8 Å². The molecule has 0 aromatic carbocycles. The number of hydrogen-bond acceptors (Lipinski definition) is 0. The zero-order valence-corrected chi connectivity index (χ0v) is 16.7. The van der Waals surface area contributed by atoms with Crippen LogP contribution in [-0.2, 0) is 20.8 Å². The molecule has 0 nitrogen and oxygen atoms in total. The van der Waals surface area contributed by atoms with Crippen LogP contribution < -0.4 is 0 Å². The summed E-state index contributed by atoms with van der Waals surface area (Å²) in [5.74, 6) is 0. The van der Waals surface area contributed by atoms with Crippen LogP contribution in [0.15, 0.2) is 59.8 Å². The van der Waals surface area contributed by atoms with Gasteiger partial charge in [0.1, 0.15) is 0 Å². The van der Waals surface area contributed by atoms with E-state index >= 15 is 0 Å². The van der Waals surface area contributed by atoms with Gasteiger partial charge in [-0.15, -0.1) is 24.3 Å². The van der Waals surface area contributed by atoms with E-state index < -0.39 is 20.8 Å². The first-order valence-corrected chi connectivity index (χ1v) is 13.5. The third-order valence-corrected chi connectivity index (χ3v) is 2.51. The van der Waals surface area contributed by atoms with Crippen molar-refractivity contribution in [2.45, 2.75) is 39.5 Å². The summed E-state index contributed by atoms with van der Waals surface area (Å²) in [6.07, 6.45) is 27.6. The Labute approximate surface area is 148 Å². The van der Waals surface area contributed by atoms with Gasteiger partial charge in [0, 0.05) is 0 Å². The van der Waals surface area contributed by atoms with Crippen molar-refractivity contribution in [1.82, 2.24) is 0 Å². The van der Waals surface area contributed by atoms with Crippen molar-refractivity contribution in [2.24, 2.45) is 0 Å². The minimum atomic E-state index is -0.826. The second kappa shape index (κ2) is 16.3. The van der Waals surface area contributed by atoms with Crippen LogP contribution in [0.2, 0.25) is 0 Å². The van der Waals surface area contributed by atoms with Crippen LogP contribution in [0.4, 0.5) is 0 Å². The van der Waals surface area contributed by atoms with Gasteiger partial charge in [0.25, 0.3) is 0 Å². The van der Waals surface area contributed by atoms with Crippen molar-refractivity contribution in [3.63, 3.8) is 0 Å². The number of hydrogen-bond donors (Lipinski definition) is 0. The summed E-state index contributed by atoms with van der Waals surface area (Å²) in [5.41, 5.74) is 2.47. The summed E-state index contributed by atoms with van der Waals surface area (Å²) in [4.78, 5) is 0. The van der Waals surface area contributed by atoms with Crippen LogP contribution in [0, 0.1) is 12.2 Å². The quantitative estimate of drug-likeness (QED) is 0.463. The molecule has 0 aliphatic heterocycles.